The Morgan fingerprint density at radius 1 is 0.950 bits per heavy atom. The van der Waals surface area contributed by atoms with Gasteiger partial charge in [-0.25, -0.2) is 9.97 Å². The molecule has 0 bridgehead atoms. The Labute approximate surface area is 240 Å². The molecule has 0 saturated carbocycles. The Hall–Kier alpha value is -2.75. The van der Waals surface area contributed by atoms with Crippen LogP contribution in [0.1, 0.15) is 111 Å². The van der Waals surface area contributed by atoms with Crippen molar-refractivity contribution >= 4 is 29.1 Å². The van der Waals surface area contributed by atoms with E-state index in [-0.39, 0.29) is 37.0 Å². The lowest BCUT2D eigenvalue weighted by molar-refractivity contribution is -0.149. The van der Waals surface area contributed by atoms with Crippen LogP contribution in [0, 0.1) is 11.8 Å². The van der Waals surface area contributed by atoms with Gasteiger partial charge in [0.05, 0.1) is 25.7 Å². The highest BCUT2D eigenvalue weighted by atomic mass is 16.5. The van der Waals surface area contributed by atoms with Crippen molar-refractivity contribution in [3.05, 3.63) is 12.5 Å². The molecule has 10 heteroatoms. The van der Waals surface area contributed by atoms with Crippen molar-refractivity contribution in [2.45, 2.75) is 123 Å². The largest absolute Gasteiger partial charge is 0.465 e. The summed E-state index contributed by atoms with van der Waals surface area (Å²) in [7, 11) is 0. The van der Waals surface area contributed by atoms with Crippen LogP contribution >= 0.6 is 0 Å². The molecular weight excluding hydrogens is 508 g/mol. The number of hydrogen-bond acceptors (Lipinski definition) is 9. The summed E-state index contributed by atoms with van der Waals surface area (Å²) in [6.07, 6.45) is 18.5. The number of unbranched alkanes of at least 4 members (excludes halogenated alkanes) is 10. The number of rotatable bonds is 22. The molecule has 226 valence electrons. The molecule has 10 nitrogen and oxygen atoms in total. The topological polar surface area (TPSA) is 148 Å². The van der Waals surface area contributed by atoms with Crippen molar-refractivity contribution in [1.29, 1.82) is 0 Å². The lowest BCUT2D eigenvalue weighted by atomic mass is 10.0. The summed E-state index contributed by atoms with van der Waals surface area (Å²) in [4.78, 5) is 37.4. The summed E-state index contributed by atoms with van der Waals surface area (Å²) >= 11 is 0. The fraction of sp³-hybridized carbons (Fsp3) is 0.767. The summed E-state index contributed by atoms with van der Waals surface area (Å²) < 4.78 is 13.0. The molecular formula is C30H52N6O4. The van der Waals surface area contributed by atoms with Gasteiger partial charge >= 0.3 is 11.9 Å². The third kappa shape index (κ3) is 12.6. The number of esters is 2. The zero-order chi connectivity index (χ0) is 29.2. The molecule has 0 radical (unpaired) electrons. The van der Waals surface area contributed by atoms with Crippen molar-refractivity contribution in [3.8, 4) is 0 Å². The van der Waals surface area contributed by atoms with Crippen molar-refractivity contribution < 1.29 is 19.1 Å². The number of nitrogen functional groups attached to an aromatic ring is 1. The van der Waals surface area contributed by atoms with Crippen molar-refractivity contribution in [2.24, 2.45) is 17.6 Å². The van der Waals surface area contributed by atoms with Gasteiger partial charge in [-0.3, -0.25) is 9.59 Å². The second kappa shape index (κ2) is 19.3. The van der Waals surface area contributed by atoms with Gasteiger partial charge in [0.15, 0.2) is 5.65 Å². The van der Waals surface area contributed by atoms with Crippen molar-refractivity contribution in [2.75, 3.05) is 18.9 Å². The quantitative estimate of drug-likeness (QED) is 0.139. The third-order valence-electron chi connectivity index (χ3n) is 7.60. The normalized spacial score (nSPS) is 13.7. The Morgan fingerprint density at radius 2 is 1.60 bits per heavy atom. The van der Waals surface area contributed by atoms with Crippen LogP contribution in [0.2, 0.25) is 0 Å². The molecule has 3 atom stereocenters. The average Bonchev–Trinajstić information content (AvgIpc) is 3.34. The highest BCUT2D eigenvalue weighted by molar-refractivity contribution is 5.75. The fourth-order valence-electron chi connectivity index (χ4n) is 4.63. The van der Waals surface area contributed by atoms with Crippen LogP contribution in [-0.2, 0) is 25.6 Å². The molecule has 0 fully saturated rings. The van der Waals surface area contributed by atoms with E-state index in [1.165, 1.54) is 51.4 Å². The molecule has 0 aliphatic rings. The minimum absolute atomic E-state index is 0.0438. The maximum Gasteiger partial charge on any atom is 0.323 e. The van der Waals surface area contributed by atoms with Crippen molar-refractivity contribution in [1.82, 2.24) is 19.5 Å². The van der Waals surface area contributed by atoms with Gasteiger partial charge in [0, 0.05) is 18.9 Å². The zero-order valence-electron chi connectivity index (χ0n) is 25.0. The number of hydrogen-bond donors (Lipinski definition) is 2. The molecule has 2 rings (SSSR count). The Balaban J connectivity index is 1.77. The summed E-state index contributed by atoms with van der Waals surface area (Å²) in [5, 5.41) is 0. The highest BCUT2D eigenvalue weighted by Crippen LogP contribution is 2.17. The van der Waals surface area contributed by atoms with E-state index < -0.39 is 12.0 Å². The number of ether oxygens (including phenoxy) is 2. The summed E-state index contributed by atoms with van der Waals surface area (Å²) in [5.74, 6) is -0.504. The first kappa shape index (κ1) is 33.5. The average molecular weight is 561 g/mol. The number of nitrogens with zero attached hydrogens (tertiary/aromatic N) is 4. The molecule has 40 heavy (non-hydrogen) atoms. The van der Waals surface area contributed by atoms with E-state index in [0.29, 0.717) is 30.6 Å². The minimum atomic E-state index is -0.649. The Bertz CT molecular complexity index is 998. The van der Waals surface area contributed by atoms with Crippen molar-refractivity contribution in [3.63, 3.8) is 0 Å². The van der Waals surface area contributed by atoms with E-state index in [2.05, 4.69) is 21.9 Å². The lowest BCUT2D eigenvalue weighted by Gasteiger charge is -2.20. The number of nitrogens with two attached hydrogens (primary N) is 2. The number of carbonyl (C=O) groups excluding carboxylic acids is 2. The molecule has 0 saturated heterocycles. The number of carbonyl (C=O) groups is 2. The fourth-order valence-corrected chi connectivity index (χ4v) is 4.63. The minimum Gasteiger partial charge on any atom is -0.465 e. The molecule has 0 spiro atoms. The van der Waals surface area contributed by atoms with Gasteiger partial charge in [-0.15, -0.1) is 0 Å². The van der Waals surface area contributed by atoms with E-state index >= 15 is 0 Å². The van der Waals surface area contributed by atoms with Crippen LogP contribution in [0.25, 0.3) is 11.2 Å². The van der Waals surface area contributed by atoms with Crippen LogP contribution in [0.4, 0.5) is 5.95 Å². The first-order valence-corrected chi connectivity index (χ1v) is 15.4. The number of anilines is 1. The van der Waals surface area contributed by atoms with Gasteiger partial charge < -0.3 is 25.5 Å². The van der Waals surface area contributed by atoms with Crippen LogP contribution in [0.15, 0.2) is 12.5 Å². The lowest BCUT2D eigenvalue weighted by Crippen LogP contribution is -2.38. The summed E-state index contributed by atoms with van der Waals surface area (Å²) in [5.41, 5.74) is 13.0. The third-order valence-corrected chi connectivity index (χ3v) is 7.60. The number of fused-ring (bicyclic) bond motifs is 1. The Kier molecular flexibility index (Phi) is 16.2. The first-order chi connectivity index (χ1) is 19.3. The number of imidazole rings is 1. The standard InChI is InChI=1S/C30H52N6O4/c1-4-6-7-8-9-10-11-12-13-14-15-16-26(37)40-21-24(17-18-39-29(38)27(31)23(3)5-2)20-36-22-34-25-19-33-30(32)35-28(25)36/h19,22-24,27H,4-18,20-21,31H2,1-3H3,(H2,32,33,35)/t23-,24+,27-/m0/s1. The molecule has 0 aromatic carbocycles. The second-order valence-corrected chi connectivity index (χ2v) is 11.0. The van der Waals surface area contributed by atoms with E-state index in [0.717, 1.165) is 25.7 Å². The van der Waals surface area contributed by atoms with E-state index in [1.54, 1.807) is 12.5 Å². The summed E-state index contributed by atoms with van der Waals surface area (Å²) in [6.45, 7) is 7.05. The predicted octanol–water partition coefficient (Wildman–Crippen LogP) is 5.58. The maximum atomic E-state index is 12.5. The molecule has 0 aliphatic carbocycles. The van der Waals surface area contributed by atoms with Crippen LogP contribution in [-0.4, -0.2) is 50.7 Å². The van der Waals surface area contributed by atoms with Gasteiger partial charge in [0.25, 0.3) is 0 Å². The zero-order valence-corrected chi connectivity index (χ0v) is 25.0. The van der Waals surface area contributed by atoms with Crippen LogP contribution < -0.4 is 11.5 Å². The molecule has 0 unspecified atom stereocenters. The van der Waals surface area contributed by atoms with E-state index in [1.807, 2.05) is 18.4 Å². The predicted molar refractivity (Wildman–Crippen MR) is 158 cm³/mol. The van der Waals surface area contributed by atoms with Gasteiger partial charge in [0.2, 0.25) is 5.95 Å². The molecule has 2 heterocycles. The SMILES string of the molecule is CCCCCCCCCCCCCC(=O)OC[C@H](CCOC(=O)[C@@H](N)[C@@H](C)CC)Cn1cnc2cnc(N)nc21. The smallest absolute Gasteiger partial charge is 0.323 e. The monoisotopic (exact) mass is 560 g/mol. The van der Waals surface area contributed by atoms with E-state index in [4.69, 9.17) is 20.9 Å². The molecule has 0 aliphatic heterocycles. The second-order valence-electron chi connectivity index (χ2n) is 11.0. The van der Waals surface area contributed by atoms with E-state index in [9.17, 15) is 9.59 Å². The molecule has 0 amide bonds. The molecule has 2 aromatic heterocycles. The first-order valence-electron chi connectivity index (χ1n) is 15.4. The molecule has 4 N–H and O–H groups in total. The van der Waals surface area contributed by atoms with Gasteiger partial charge in [-0.1, -0.05) is 91.4 Å². The summed E-state index contributed by atoms with van der Waals surface area (Å²) in [6, 6.07) is -0.649. The highest BCUT2D eigenvalue weighted by Gasteiger charge is 2.22. The number of aromatic nitrogens is 4. The van der Waals surface area contributed by atoms with Gasteiger partial charge in [0.1, 0.15) is 11.6 Å². The van der Waals surface area contributed by atoms with Crippen LogP contribution in [0.5, 0.6) is 0 Å². The van der Waals surface area contributed by atoms with Gasteiger partial charge in [-0.2, -0.15) is 4.98 Å². The van der Waals surface area contributed by atoms with Crippen LogP contribution in [0.3, 0.4) is 0 Å². The van der Waals surface area contributed by atoms with Gasteiger partial charge in [-0.05, 0) is 18.8 Å². The Morgan fingerprint density at radius 3 is 2.25 bits per heavy atom. The molecule has 2 aromatic rings. The maximum absolute atomic E-state index is 12.5.